The number of pyridine rings is 1. The number of hydrogen-bond donors (Lipinski definition) is 2. The van der Waals surface area contributed by atoms with Crippen molar-refractivity contribution in [3.63, 3.8) is 0 Å². The maximum Gasteiger partial charge on any atom is 0.228 e. The van der Waals surface area contributed by atoms with Crippen molar-refractivity contribution < 1.29 is 9.59 Å². The molecule has 2 unspecified atom stereocenters. The van der Waals surface area contributed by atoms with E-state index in [0.29, 0.717) is 17.3 Å². The number of nitrogens with zero attached hydrogens (tertiary/aromatic N) is 3. The molecule has 2 amide bonds. The van der Waals surface area contributed by atoms with Gasteiger partial charge in [-0.3, -0.25) is 14.3 Å². The highest BCUT2D eigenvalue weighted by Crippen LogP contribution is 2.34. The number of carbonyl (C=O) groups excluding carboxylic acids is 2. The van der Waals surface area contributed by atoms with Crippen LogP contribution in [0.1, 0.15) is 44.7 Å². The minimum Gasteiger partial charge on any atom is -0.354 e. The molecule has 7 nitrogen and oxygen atoms in total. The van der Waals surface area contributed by atoms with Crippen LogP contribution < -0.4 is 10.6 Å². The second-order valence-electron chi connectivity index (χ2n) is 7.63. The summed E-state index contributed by atoms with van der Waals surface area (Å²) in [6.45, 7) is 2.44. The molecule has 0 aromatic carbocycles. The third-order valence-electron chi connectivity index (χ3n) is 5.58. The number of hydrogen-bond acceptors (Lipinski definition) is 4. The average Bonchev–Trinajstić information content (AvgIpc) is 3.27. The van der Waals surface area contributed by atoms with Crippen LogP contribution in [0.2, 0.25) is 5.02 Å². The largest absolute Gasteiger partial charge is 0.354 e. The number of aromatic nitrogens is 3. The number of amides is 2. The fourth-order valence-electron chi connectivity index (χ4n) is 4.28. The molecular formula is C20H24ClN5O2. The third kappa shape index (κ3) is 3.90. The van der Waals surface area contributed by atoms with E-state index in [1.807, 2.05) is 16.9 Å². The van der Waals surface area contributed by atoms with Gasteiger partial charge in [0.25, 0.3) is 0 Å². The molecule has 2 aromatic heterocycles. The van der Waals surface area contributed by atoms with E-state index in [0.717, 1.165) is 49.8 Å². The molecule has 1 fully saturated rings. The van der Waals surface area contributed by atoms with Gasteiger partial charge in [-0.1, -0.05) is 18.0 Å². The van der Waals surface area contributed by atoms with Crippen molar-refractivity contribution in [2.24, 2.45) is 5.92 Å². The first-order valence-electron chi connectivity index (χ1n) is 9.80. The molecule has 28 heavy (non-hydrogen) atoms. The van der Waals surface area contributed by atoms with Crippen molar-refractivity contribution in [3.8, 4) is 11.1 Å². The van der Waals surface area contributed by atoms with E-state index in [-0.39, 0.29) is 23.8 Å². The highest BCUT2D eigenvalue weighted by atomic mass is 35.5. The summed E-state index contributed by atoms with van der Waals surface area (Å²) >= 11 is 6.39. The van der Waals surface area contributed by atoms with Gasteiger partial charge in [0.2, 0.25) is 11.8 Å². The molecule has 0 spiro atoms. The lowest BCUT2D eigenvalue weighted by molar-refractivity contribution is -0.123. The summed E-state index contributed by atoms with van der Waals surface area (Å²) in [4.78, 5) is 28.3. The first kappa shape index (κ1) is 18.9. The van der Waals surface area contributed by atoms with Gasteiger partial charge in [-0.05, 0) is 38.2 Å². The van der Waals surface area contributed by atoms with Crippen LogP contribution in [-0.2, 0) is 22.6 Å². The Morgan fingerprint density at radius 2 is 2.07 bits per heavy atom. The number of rotatable bonds is 4. The Bertz CT molecular complexity index is 910. The molecular weight excluding hydrogens is 378 g/mol. The van der Waals surface area contributed by atoms with Gasteiger partial charge in [0.05, 0.1) is 11.2 Å². The zero-order chi connectivity index (χ0) is 19.7. The molecule has 0 saturated heterocycles. The van der Waals surface area contributed by atoms with Gasteiger partial charge in [-0.25, -0.2) is 4.98 Å². The highest BCUT2D eigenvalue weighted by molar-refractivity contribution is 6.33. The van der Waals surface area contributed by atoms with Gasteiger partial charge >= 0.3 is 0 Å². The van der Waals surface area contributed by atoms with Crippen molar-refractivity contribution in [1.29, 1.82) is 0 Å². The van der Waals surface area contributed by atoms with Gasteiger partial charge in [0, 0.05) is 48.4 Å². The predicted molar refractivity (Wildman–Crippen MR) is 107 cm³/mol. The lowest BCUT2D eigenvalue weighted by atomic mass is 9.85. The summed E-state index contributed by atoms with van der Waals surface area (Å²) < 4.78 is 2.01. The Balaban J connectivity index is 1.49. The Hall–Kier alpha value is -2.41. The summed E-state index contributed by atoms with van der Waals surface area (Å²) in [5.74, 6) is 0.246. The topological polar surface area (TPSA) is 88.9 Å². The van der Waals surface area contributed by atoms with E-state index in [4.69, 9.17) is 11.6 Å². The number of nitrogens with one attached hydrogen (secondary N) is 2. The zero-order valence-corrected chi connectivity index (χ0v) is 16.6. The first-order valence-corrected chi connectivity index (χ1v) is 10.2. The quantitative estimate of drug-likeness (QED) is 0.823. The van der Waals surface area contributed by atoms with Crippen LogP contribution in [0.4, 0.5) is 5.82 Å². The standard InChI is InChI=1S/C20H24ClN5O2/c1-12(27)24-14-5-2-4-13(8-14)20(28)25-19-9-15(17(21)11-22-19)16-10-23-26-7-3-6-18(16)26/h9-11,13-14H,2-8H2,1H3,(H,24,27)(H,22,25,28). The number of aryl methyl sites for hydroxylation is 1. The molecule has 8 heteroatoms. The highest BCUT2D eigenvalue weighted by Gasteiger charge is 2.28. The maximum atomic E-state index is 12.8. The van der Waals surface area contributed by atoms with E-state index in [2.05, 4.69) is 20.7 Å². The minimum absolute atomic E-state index is 0.0521. The minimum atomic E-state index is -0.132. The van der Waals surface area contributed by atoms with E-state index < -0.39 is 0 Å². The predicted octanol–water partition coefficient (Wildman–Crippen LogP) is 3.18. The molecule has 2 aromatic rings. The van der Waals surface area contributed by atoms with Gasteiger partial charge < -0.3 is 10.6 Å². The lowest BCUT2D eigenvalue weighted by Crippen LogP contribution is -2.40. The van der Waals surface area contributed by atoms with Crippen molar-refractivity contribution in [3.05, 3.63) is 29.2 Å². The number of halogens is 1. The van der Waals surface area contributed by atoms with Crippen LogP contribution in [0, 0.1) is 5.92 Å². The third-order valence-corrected chi connectivity index (χ3v) is 5.88. The monoisotopic (exact) mass is 401 g/mol. The smallest absolute Gasteiger partial charge is 0.228 e. The van der Waals surface area contributed by atoms with Gasteiger partial charge in [-0.2, -0.15) is 5.10 Å². The van der Waals surface area contributed by atoms with Crippen LogP contribution in [0.25, 0.3) is 11.1 Å². The van der Waals surface area contributed by atoms with Crippen LogP contribution in [0.5, 0.6) is 0 Å². The van der Waals surface area contributed by atoms with Gasteiger partial charge in [0.1, 0.15) is 5.82 Å². The van der Waals surface area contributed by atoms with E-state index >= 15 is 0 Å². The van der Waals surface area contributed by atoms with E-state index in [1.165, 1.54) is 12.6 Å². The summed E-state index contributed by atoms with van der Waals surface area (Å²) in [6, 6.07) is 1.88. The lowest BCUT2D eigenvalue weighted by Gasteiger charge is -2.28. The van der Waals surface area contributed by atoms with Crippen molar-refractivity contribution in [2.75, 3.05) is 5.32 Å². The molecule has 1 aliphatic heterocycles. The molecule has 2 aliphatic rings. The molecule has 3 heterocycles. The summed E-state index contributed by atoms with van der Waals surface area (Å²) in [7, 11) is 0. The molecule has 0 radical (unpaired) electrons. The average molecular weight is 402 g/mol. The van der Waals surface area contributed by atoms with E-state index in [9.17, 15) is 9.59 Å². The molecule has 0 bridgehead atoms. The summed E-state index contributed by atoms with van der Waals surface area (Å²) in [5.41, 5.74) is 3.02. The first-order chi connectivity index (χ1) is 13.5. The van der Waals surface area contributed by atoms with Gasteiger partial charge in [-0.15, -0.1) is 0 Å². The second kappa shape index (κ2) is 7.91. The summed E-state index contributed by atoms with van der Waals surface area (Å²) in [6.07, 6.45) is 8.78. The van der Waals surface area contributed by atoms with Crippen LogP contribution in [-0.4, -0.2) is 32.6 Å². The SMILES string of the molecule is CC(=O)NC1CCCC(C(=O)Nc2cc(-c3cnn4c3CCC4)c(Cl)cn2)C1. The Morgan fingerprint density at radius 1 is 1.21 bits per heavy atom. The number of fused-ring (bicyclic) bond motifs is 1. The molecule has 4 rings (SSSR count). The molecule has 1 aliphatic carbocycles. The van der Waals surface area contributed by atoms with Crippen LogP contribution in [0.15, 0.2) is 18.5 Å². The van der Waals surface area contributed by atoms with Crippen LogP contribution in [0.3, 0.4) is 0 Å². The Labute approximate surface area is 168 Å². The molecule has 1 saturated carbocycles. The van der Waals surface area contributed by atoms with E-state index in [1.54, 1.807) is 6.20 Å². The molecule has 2 N–H and O–H groups in total. The van der Waals surface area contributed by atoms with Crippen molar-refractivity contribution >= 4 is 29.2 Å². The molecule has 2 atom stereocenters. The van der Waals surface area contributed by atoms with Gasteiger partial charge in [0.15, 0.2) is 0 Å². The zero-order valence-electron chi connectivity index (χ0n) is 15.9. The molecule has 148 valence electrons. The normalized spacial score (nSPS) is 21.2. The Kier molecular flexibility index (Phi) is 5.35. The fraction of sp³-hybridized carbons (Fsp3) is 0.500. The maximum absolute atomic E-state index is 12.8. The fourth-order valence-corrected chi connectivity index (χ4v) is 4.48. The number of anilines is 1. The van der Waals surface area contributed by atoms with Crippen molar-refractivity contribution in [2.45, 2.75) is 58.0 Å². The number of carbonyl (C=O) groups is 2. The van der Waals surface area contributed by atoms with Crippen molar-refractivity contribution in [1.82, 2.24) is 20.1 Å². The Morgan fingerprint density at radius 3 is 2.89 bits per heavy atom. The summed E-state index contributed by atoms with van der Waals surface area (Å²) in [5, 5.41) is 10.8. The van der Waals surface area contributed by atoms with Crippen LogP contribution >= 0.6 is 11.6 Å². The second-order valence-corrected chi connectivity index (χ2v) is 8.04.